The van der Waals surface area contributed by atoms with Crippen molar-refractivity contribution in [1.29, 1.82) is 0 Å². The predicted molar refractivity (Wildman–Crippen MR) is 118 cm³/mol. The maximum absolute atomic E-state index is 13.3. The van der Waals surface area contributed by atoms with Crippen LogP contribution in [0.2, 0.25) is 0 Å². The number of anilines is 2. The van der Waals surface area contributed by atoms with Crippen LogP contribution in [0.4, 0.5) is 24.5 Å². The van der Waals surface area contributed by atoms with Crippen molar-refractivity contribution in [1.82, 2.24) is 20.3 Å². The molecule has 2 aromatic heterocycles. The van der Waals surface area contributed by atoms with E-state index in [0.29, 0.717) is 35.3 Å². The van der Waals surface area contributed by atoms with Crippen molar-refractivity contribution < 1.29 is 22.8 Å². The second kappa shape index (κ2) is 9.20. The number of nitrogens with zero attached hydrogens (tertiary/aromatic N) is 3. The van der Waals surface area contributed by atoms with Gasteiger partial charge < -0.3 is 10.6 Å². The number of carbonyl (C=O) groups is 2. The minimum atomic E-state index is -4.49. The molecule has 1 aliphatic rings. The molecule has 2 N–H and O–H groups in total. The van der Waals surface area contributed by atoms with Crippen molar-refractivity contribution in [2.75, 3.05) is 5.32 Å². The number of halogens is 3. The Labute approximate surface area is 193 Å². The van der Waals surface area contributed by atoms with Crippen LogP contribution in [-0.2, 0) is 17.5 Å². The fraction of sp³-hybridized carbons (Fsp3) is 0.292. The molecule has 0 radical (unpaired) electrons. The molecule has 2 heterocycles. The third kappa shape index (κ3) is 5.38. The minimum absolute atomic E-state index is 0.0647. The number of amides is 1. The molecule has 4 rings (SSSR count). The standard InChI is InChI=1S/C24H22F3N5O2/c1-15-2-5-20(19(8-15)24(25,26)27)32-18-4-3-17(30-13-18)12-31-22(34)23(6-7-23)9-21(33)16-10-28-14-29-11-16/h2-5,8,10-11,13-14,32H,6-7,9,12H2,1H3,(H,31,34). The topological polar surface area (TPSA) is 96.9 Å². The quantitative estimate of drug-likeness (QED) is 0.468. The summed E-state index contributed by atoms with van der Waals surface area (Å²) in [5.74, 6) is -0.410. The number of Topliss-reactive ketones (excluding diaryl/α,β-unsaturated/α-hetero) is 1. The second-order valence-electron chi connectivity index (χ2n) is 8.40. The Balaban J connectivity index is 1.35. The van der Waals surface area contributed by atoms with Gasteiger partial charge in [-0.2, -0.15) is 13.2 Å². The molecule has 0 aliphatic heterocycles. The van der Waals surface area contributed by atoms with Crippen LogP contribution in [0, 0.1) is 12.3 Å². The van der Waals surface area contributed by atoms with E-state index in [1.54, 1.807) is 25.1 Å². The first-order chi connectivity index (χ1) is 16.2. The number of pyridine rings is 1. The van der Waals surface area contributed by atoms with Gasteiger partial charge in [0.05, 0.1) is 46.4 Å². The number of benzene rings is 1. The molecule has 0 spiro atoms. The van der Waals surface area contributed by atoms with E-state index in [-0.39, 0.29) is 30.3 Å². The highest BCUT2D eigenvalue weighted by Gasteiger charge is 2.51. The number of alkyl halides is 3. The zero-order valence-electron chi connectivity index (χ0n) is 18.3. The highest BCUT2D eigenvalue weighted by Crippen LogP contribution is 2.49. The van der Waals surface area contributed by atoms with Gasteiger partial charge in [0.2, 0.25) is 5.91 Å². The molecule has 34 heavy (non-hydrogen) atoms. The largest absolute Gasteiger partial charge is 0.418 e. The second-order valence-corrected chi connectivity index (χ2v) is 8.40. The molecule has 1 fully saturated rings. The van der Waals surface area contributed by atoms with Crippen molar-refractivity contribution >= 4 is 23.1 Å². The van der Waals surface area contributed by atoms with Gasteiger partial charge in [-0.25, -0.2) is 9.97 Å². The summed E-state index contributed by atoms with van der Waals surface area (Å²) in [4.78, 5) is 37.0. The lowest BCUT2D eigenvalue weighted by Crippen LogP contribution is -2.33. The molecule has 0 unspecified atom stereocenters. The minimum Gasteiger partial charge on any atom is -0.354 e. The molecule has 0 saturated heterocycles. The van der Waals surface area contributed by atoms with Crippen LogP contribution in [-0.4, -0.2) is 26.6 Å². The molecule has 1 aliphatic carbocycles. The van der Waals surface area contributed by atoms with E-state index in [9.17, 15) is 22.8 Å². The van der Waals surface area contributed by atoms with Crippen LogP contribution in [0.1, 0.15) is 46.4 Å². The van der Waals surface area contributed by atoms with Gasteiger partial charge in [-0.1, -0.05) is 11.6 Å². The number of hydrogen-bond acceptors (Lipinski definition) is 6. The molecular weight excluding hydrogens is 447 g/mol. The first-order valence-corrected chi connectivity index (χ1v) is 10.6. The van der Waals surface area contributed by atoms with Gasteiger partial charge in [-0.05, 0) is 44.0 Å². The Kier molecular flexibility index (Phi) is 6.32. The molecule has 1 amide bonds. The molecule has 10 heteroatoms. The Morgan fingerprint density at radius 3 is 2.41 bits per heavy atom. The summed E-state index contributed by atoms with van der Waals surface area (Å²) < 4.78 is 40.0. The summed E-state index contributed by atoms with van der Waals surface area (Å²) in [7, 11) is 0. The van der Waals surface area contributed by atoms with Crippen molar-refractivity contribution in [3.05, 3.63) is 77.6 Å². The average Bonchev–Trinajstić information content (AvgIpc) is 3.60. The Bertz CT molecular complexity index is 1190. The Morgan fingerprint density at radius 2 is 1.79 bits per heavy atom. The van der Waals surface area contributed by atoms with Crippen molar-refractivity contribution in [3.8, 4) is 0 Å². The summed E-state index contributed by atoms with van der Waals surface area (Å²) in [5, 5.41) is 5.56. The van der Waals surface area contributed by atoms with Gasteiger partial charge in [-0.3, -0.25) is 14.6 Å². The Hall–Kier alpha value is -3.82. The van der Waals surface area contributed by atoms with E-state index >= 15 is 0 Å². The van der Waals surface area contributed by atoms with Crippen LogP contribution >= 0.6 is 0 Å². The number of carbonyl (C=O) groups excluding carboxylic acids is 2. The number of ketones is 1. The van der Waals surface area contributed by atoms with Gasteiger partial charge in [-0.15, -0.1) is 0 Å². The molecule has 7 nitrogen and oxygen atoms in total. The highest BCUT2D eigenvalue weighted by molar-refractivity contribution is 6.00. The van der Waals surface area contributed by atoms with Gasteiger partial charge in [0.15, 0.2) is 5.78 Å². The molecule has 3 aromatic rings. The molecule has 176 valence electrons. The number of aryl methyl sites for hydroxylation is 1. The van der Waals surface area contributed by atoms with Crippen LogP contribution < -0.4 is 10.6 Å². The predicted octanol–water partition coefficient (Wildman–Crippen LogP) is 4.61. The fourth-order valence-electron chi connectivity index (χ4n) is 3.61. The van der Waals surface area contributed by atoms with E-state index in [0.717, 1.165) is 6.07 Å². The normalized spacial score (nSPS) is 14.4. The lowest BCUT2D eigenvalue weighted by molar-refractivity contribution is -0.137. The number of hydrogen-bond donors (Lipinski definition) is 2. The van der Waals surface area contributed by atoms with Crippen LogP contribution in [0.5, 0.6) is 0 Å². The third-order valence-electron chi connectivity index (χ3n) is 5.73. The van der Waals surface area contributed by atoms with E-state index < -0.39 is 17.2 Å². The fourth-order valence-corrected chi connectivity index (χ4v) is 3.61. The van der Waals surface area contributed by atoms with Crippen molar-refractivity contribution in [3.63, 3.8) is 0 Å². The summed E-state index contributed by atoms with van der Waals surface area (Å²) in [6, 6.07) is 7.28. The first-order valence-electron chi connectivity index (χ1n) is 10.6. The zero-order valence-corrected chi connectivity index (χ0v) is 18.3. The molecule has 0 bridgehead atoms. The first kappa shape index (κ1) is 23.3. The van der Waals surface area contributed by atoms with Crippen LogP contribution in [0.25, 0.3) is 0 Å². The lowest BCUT2D eigenvalue weighted by Gasteiger charge is -2.16. The van der Waals surface area contributed by atoms with Gasteiger partial charge >= 0.3 is 6.18 Å². The summed E-state index contributed by atoms with van der Waals surface area (Å²) in [6.45, 7) is 1.74. The van der Waals surface area contributed by atoms with E-state index in [1.165, 1.54) is 31.0 Å². The molecule has 1 aromatic carbocycles. The van der Waals surface area contributed by atoms with Gasteiger partial charge in [0.25, 0.3) is 0 Å². The summed E-state index contributed by atoms with van der Waals surface area (Å²) >= 11 is 0. The Morgan fingerprint density at radius 1 is 1.06 bits per heavy atom. The number of rotatable bonds is 8. The SMILES string of the molecule is Cc1ccc(Nc2ccc(CNC(=O)C3(CC(=O)c4cncnc4)CC3)nc2)c(C(F)(F)F)c1. The number of nitrogens with one attached hydrogen (secondary N) is 2. The van der Waals surface area contributed by atoms with Gasteiger partial charge in [0.1, 0.15) is 6.33 Å². The lowest BCUT2D eigenvalue weighted by atomic mass is 9.96. The molecule has 0 atom stereocenters. The van der Waals surface area contributed by atoms with Gasteiger partial charge in [0, 0.05) is 18.8 Å². The maximum Gasteiger partial charge on any atom is 0.418 e. The van der Waals surface area contributed by atoms with Crippen LogP contribution in [0.3, 0.4) is 0 Å². The zero-order chi connectivity index (χ0) is 24.3. The summed E-state index contributed by atoms with van der Waals surface area (Å²) in [6.07, 6.45) is 2.43. The monoisotopic (exact) mass is 469 g/mol. The molecule has 1 saturated carbocycles. The van der Waals surface area contributed by atoms with Crippen LogP contribution in [0.15, 0.2) is 55.2 Å². The molecular formula is C24H22F3N5O2. The maximum atomic E-state index is 13.3. The van der Waals surface area contributed by atoms with Crippen molar-refractivity contribution in [2.24, 2.45) is 5.41 Å². The van der Waals surface area contributed by atoms with E-state index in [1.807, 2.05) is 0 Å². The van der Waals surface area contributed by atoms with E-state index in [4.69, 9.17) is 0 Å². The highest BCUT2D eigenvalue weighted by atomic mass is 19.4. The third-order valence-corrected chi connectivity index (χ3v) is 5.73. The smallest absolute Gasteiger partial charge is 0.354 e. The average molecular weight is 469 g/mol. The number of aromatic nitrogens is 3. The van der Waals surface area contributed by atoms with Crippen molar-refractivity contribution in [2.45, 2.75) is 38.9 Å². The summed E-state index contributed by atoms with van der Waals surface area (Å²) in [5.41, 5.74) is 0.257. The van der Waals surface area contributed by atoms with E-state index in [2.05, 4.69) is 25.6 Å².